The molecule has 1 N–H and O–H groups in total. The molecule has 2 aromatic carbocycles. The van der Waals surface area contributed by atoms with Gasteiger partial charge in [-0.2, -0.15) is 13.2 Å². The summed E-state index contributed by atoms with van der Waals surface area (Å²) in [5.74, 6) is 0. The number of alkyl halides is 3. The molecule has 2 aromatic rings. The lowest BCUT2D eigenvalue weighted by Crippen LogP contribution is -2.14. The fraction of sp³-hybridized carbons (Fsp3) is 0.250. The van der Waals surface area contributed by atoms with Gasteiger partial charge in [0.1, 0.15) is 0 Å². The van der Waals surface area contributed by atoms with E-state index in [1.807, 2.05) is 24.3 Å². The highest BCUT2D eigenvalue weighted by Gasteiger charge is 2.29. The Balaban J connectivity index is 1.96. The molecule has 0 heterocycles. The minimum atomic E-state index is -4.32. The van der Waals surface area contributed by atoms with Crippen LogP contribution < -0.4 is 0 Å². The van der Waals surface area contributed by atoms with E-state index in [2.05, 4.69) is 15.9 Å². The number of hydrogen-bond donors (Lipinski definition) is 1. The molecule has 1 nitrogen and oxygen atoms in total. The van der Waals surface area contributed by atoms with Gasteiger partial charge < -0.3 is 5.11 Å². The van der Waals surface area contributed by atoms with Crippen molar-refractivity contribution in [1.82, 2.24) is 0 Å². The van der Waals surface area contributed by atoms with Crippen LogP contribution in [0.1, 0.15) is 16.7 Å². The molecule has 112 valence electrons. The lowest BCUT2D eigenvalue weighted by atomic mass is 10.0. The minimum absolute atomic E-state index is 0.328. The molecule has 2 rings (SSSR count). The van der Waals surface area contributed by atoms with Crippen molar-refractivity contribution in [2.24, 2.45) is 0 Å². The number of aliphatic hydroxyl groups is 1. The van der Waals surface area contributed by atoms with Crippen LogP contribution >= 0.6 is 15.9 Å². The summed E-state index contributed by atoms with van der Waals surface area (Å²) in [4.78, 5) is 0. The summed E-state index contributed by atoms with van der Waals surface area (Å²) >= 11 is 3.33. The third kappa shape index (κ3) is 4.86. The fourth-order valence-electron chi connectivity index (χ4n) is 2.07. The van der Waals surface area contributed by atoms with Crippen molar-refractivity contribution in [1.29, 1.82) is 0 Å². The first-order chi connectivity index (χ1) is 9.84. The molecule has 0 amide bonds. The van der Waals surface area contributed by atoms with Crippen molar-refractivity contribution in [3.05, 3.63) is 69.7 Å². The van der Waals surface area contributed by atoms with Gasteiger partial charge in [0.15, 0.2) is 0 Å². The third-order valence-corrected chi connectivity index (χ3v) is 3.67. The van der Waals surface area contributed by atoms with Gasteiger partial charge in [0.25, 0.3) is 0 Å². The second-order valence-electron chi connectivity index (χ2n) is 4.88. The van der Waals surface area contributed by atoms with Crippen LogP contribution in [0.3, 0.4) is 0 Å². The number of benzene rings is 2. The molecule has 0 radical (unpaired) electrons. The van der Waals surface area contributed by atoms with Gasteiger partial charge in [0.05, 0.1) is 11.7 Å². The first kappa shape index (κ1) is 16.0. The second-order valence-corrected chi connectivity index (χ2v) is 5.80. The van der Waals surface area contributed by atoms with Gasteiger partial charge in [-0.3, -0.25) is 0 Å². The maximum Gasteiger partial charge on any atom is 0.416 e. The molecule has 0 bridgehead atoms. The van der Waals surface area contributed by atoms with Gasteiger partial charge in [0.2, 0.25) is 0 Å². The van der Waals surface area contributed by atoms with Crippen molar-refractivity contribution in [2.45, 2.75) is 25.1 Å². The molecule has 1 unspecified atom stereocenters. The first-order valence-corrected chi connectivity index (χ1v) is 7.22. The molecule has 0 spiro atoms. The van der Waals surface area contributed by atoms with Crippen molar-refractivity contribution in [2.75, 3.05) is 0 Å². The van der Waals surface area contributed by atoms with Crippen LogP contribution in [-0.2, 0) is 19.0 Å². The van der Waals surface area contributed by atoms with Crippen LogP contribution in [0.5, 0.6) is 0 Å². The van der Waals surface area contributed by atoms with Gasteiger partial charge >= 0.3 is 6.18 Å². The highest BCUT2D eigenvalue weighted by atomic mass is 79.9. The summed E-state index contributed by atoms with van der Waals surface area (Å²) < 4.78 is 38.3. The van der Waals surface area contributed by atoms with E-state index in [4.69, 9.17) is 0 Å². The normalized spacial score (nSPS) is 13.2. The van der Waals surface area contributed by atoms with E-state index >= 15 is 0 Å². The molecule has 0 fully saturated rings. The van der Waals surface area contributed by atoms with E-state index in [0.29, 0.717) is 18.4 Å². The Morgan fingerprint density at radius 3 is 1.71 bits per heavy atom. The Hall–Kier alpha value is -1.33. The lowest BCUT2D eigenvalue weighted by molar-refractivity contribution is -0.137. The zero-order chi connectivity index (χ0) is 15.5. The molecule has 0 aliphatic heterocycles. The SMILES string of the molecule is OC(Cc1ccc(Br)cc1)Cc1ccc(C(F)(F)F)cc1. The summed E-state index contributed by atoms with van der Waals surface area (Å²) in [5.41, 5.74) is 0.999. The van der Waals surface area contributed by atoms with Gasteiger partial charge in [-0.1, -0.05) is 40.2 Å². The number of halogens is 4. The van der Waals surface area contributed by atoms with E-state index in [0.717, 1.165) is 22.2 Å². The van der Waals surface area contributed by atoms with Crippen molar-refractivity contribution >= 4 is 15.9 Å². The largest absolute Gasteiger partial charge is 0.416 e. The Morgan fingerprint density at radius 1 is 0.857 bits per heavy atom. The van der Waals surface area contributed by atoms with Crippen LogP contribution in [0.2, 0.25) is 0 Å². The lowest BCUT2D eigenvalue weighted by Gasteiger charge is -2.12. The maximum absolute atomic E-state index is 12.4. The molecule has 0 saturated heterocycles. The minimum Gasteiger partial charge on any atom is -0.392 e. The third-order valence-electron chi connectivity index (χ3n) is 3.14. The Morgan fingerprint density at radius 2 is 1.29 bits per heavy atom. The number of rotatable bonds is 4. The molecule has 0 aliphatic carbocycles. The van der Waals surface area contributed by atoms with Crippen LogP contribution in [0.25, 0.3) is 0 Å². The van der Waals surface area contributed by atoms with Crippen molar-refractivity contribution in [3.63, 3.8) is 0 Å². The molecule has 5 heteroatoms. The predicted molar refractivity (Wildman–Crippen MR) is 79.0 cm³/mol. The average molecular weight is 359 g/mol. The number of aliphatic hydroxyl groups excluding tert-OH is 1. The highest BCUT2D eigenvalue weighted by molar-refractivity contribution is 9.10. The Labute approximate surface area is 129 Å². The first-order valence-electron chi connectivity index (χ1n) is 6.43. The van der Waals surface area contributed by atoms with Crippen LogP contribution in [-0.4, -0.2) is 11.2 Å². The summed E-state index contributed by atoms with van der Waals surface area (Å²) in [6, 6.07) is 12.5. The van der Waals surface area contributed by atoms with Gasteiger partial charge in [-0.15, -0.1) is 0 Å². The number of hydrogen-bond acceptors (Lipinski definition) is 1. The van der Waals surface area contributed by atoms with Crippen molar-refractivity contribution < 1.29 is 18.3 Å². The highest BCUT2D eigenvalue weighted by Crippen LogP contribution is 2.29. The summed E-state index contributed by atoms with van der Waals surface area (Å²) in [6.07, 6.45) is -4.15. The summed E-state index contributed by atoms with van der Waals surface area (Å²) in [7, 11) is 0. The molecule has 0 aromatic heterocycles. The van der Waals surface area contributed by atoms with E-state index in [9.17, 15) is 18.3 Å². The maximum atomic E-state index is 12.4. The second kappa shape index (κ2) is 6.62. The van der Waals surface area contributed by atoms with Gasteiger partial charge in [-0.25, -0.2) is 0 Å². The molecular weight excluding hydrogens is 345 g/mol. The monoisotopic (exact) mass is 358 g/mol. The topological polar surface area (TPSA) is 20.2 Å². The van der Waals surface area contributed by atoms with E-state index in [1.165, 1.54) is 12.1 Å². The molecule has 1 atom stereocenters. The zero-order valence-electron chi connectivity index (χ0n) is 11.1. The van der Waals surface area contributed by atoms with Crippen LogP contribution in [0.4, 0.5) is 13.2 Å². The molecule has 0 aliphatic rings. The molecule has 0 saturated carbocycles. The molecule has 21 heavy (non-hydrogen) atoms. The average Bonchev–Trinajstić information content (AvgIpc) is 2.41. The smallest absolute Gasteiger partial charge is 0.392 e. The Bertz CT molecular complexity index is 576. The standard InChI is InChI=1S/C16H14BrF3O/c17-14-7-3-12(4-8-14)10-15(21)9-11-1-5-13(6-2-11)16(18,19)20/h1-8,15,21H,9-10H2. The van der Waals surface area contributed by atoms with E-state index in [1.54, 1.807) is 0 Å². The van der Waals surface area contributed by atoms with Crippen molar-refractivity contribution in [3.8, 4) is 0 Å². The summed E-state index contributed by atoms with van der Waals surface area (Å²) in [5, 5.41) is 10.0. The molecular formula is C16H14BrF3O. The predicted octanol–water partition coefficient (Wildman–Crippen LogP) is 4.61. The van der Waals surface area contributed by atoms with Crippen LogP contribution in [0.15, 0.2) is 53.0 Å². The van der Waals surface area contributed by atoms with Gasteiger partial charge in [-0.05, 0) is 48.2 Å². The zero-order valence-corrected chi connectivity index (χ0v) is 12.7. The summed E-state index contributed by atoms with van der Waals surface area (Å²) in [6.45, 7) is 0. The quantitative estimate of drug-likeness (QED) is 0.845. The van der Waals surface area contributed by atoms with Crippen LogP contribution in [0, 0.1) is 0 Å². The van der Waals surface area contributed by atoms with Gasteiger partial charge in [0, 0.05) is 4.47 Å². The van der Waals surface area contributed by atoms with E-state index < -0.39 is 17.8 Å². The van der Waals surface area contributed by atoms with E-state index in [-0.39, 0.29) is 0 Å². The fourth-order valence-corrected chi connectivity index (χ4v) is 2.33. The Kier molecular flexibility index (Phi) is 5.06.